The molecule has 4 atom stereocenters. The van der Waals surface area contributed by atoms with Crippen LogP contribution in [0.5, 0.6) is 0 Å². The van der Waals surface area contributed by atoms with Gasteiger partial charge in [0.15, 0.2) is 0 Å². The van der Waals surface area contributed by atoms with Gasteiger partial charge < -0.3 is 15.0 Å². The molecule has 18 heavy (non-hydrogen) atoms. The lowest BCUT2D eigenvalue weighted by Gasteiger charge is -2.18. The third kappa shape index (κ3) is 2.54. The second-order valence-electron chi connectivity index (χ2n) is 6.16. The maximum absolute atomic E-state index is 12.2. The molecule has 0 saturated carbocycles. The van der Waals surface area contributed by atoms with Gasteiger partial charge in [0.05, 0.1) is 12.2 Å². The summed E-state index contributed by atoms with van der Waals surface area (Å²) in [7, 11) is 0. The topological polar surface area (TPSA) is 41.6 Å². The van der Waals surface area contributed by atoms with Gasteiger partial charge in [-0.2, -0.15) is 0 Å². The molecule has 3 aliphatic heterocycles. The average molecular weight is 252 g/mol. The van der Waals surface area contributed by atoms with E-state index in [0.717, 1.165) is 45.4 Å². The van der Waals surface area contributed by atoms with Crippen LogP contribution in [0.2, 0.25) is 0 Å². The standard InChI is InChI=1S/C14H24N2O2/c1-10-2-3-13(18-10)4-5-14(17)16-8-11-6-15-7-12(11)9-16/h10-13,15H,2-9H2,1H3/t10?,11-,12+,13?. The van der Waals surface area contributed by atoms with Gasteiger partial charge in [-0.25, -0.2) is 0 Å². The summed E-state index contributed by atoms with van der Waals surface area (Å²) in [5, 5.41) is 3.41. The molecule has 0 spiro atoms. The molecule has 0 aromatic rings. The monoisotopic (exact) mass is 252 g/mol. The highest BCUT2D eigenvalue weighted by Crippen LogP contribution is 2.28. The number of likely N-dealkylation sites (tertiary alicyclic amines) is 1. The van der Waals surface area contributed by atoms with Crippen molar-refractivity contribution in [2.75, 3.05) is 26.2 Å². The van der Waals surface area contributed by atoms with Gasteiger partial charge in [0.25, 0.3) is 0 Å². The number of fused-ring (bicyclic) bond motifs is 1. The molecule has 4 nitrogen and oxygen atoms in total. The molecule has 0 aromatic heterocycles. The van der Waals surface area contributed by atoms with Crippen molar-refractivity contribution in [2.24, 2.45) is 11.8 Å². The first kappa shape index (κ1) is 12.4. The highest BCUT2D eigenvalue weighted by Gasteiger charge is 2.38. The zero-order chi connectivity index (χ0) is 12.5. The first-order chi connectivity index (χ1) is 8.72. The Bertz CT molecular complexity index is 309. The largest absolute Gasteiger partial charge is 0.375 e. The second-order valence-corrected chi connectivity index (χ2v) is 6.16. The Morgan fingerprint density at radius 2 is 2.00 bits per heavy atom. The van der Waals surface area contributed by atoms with E-state index in [-0.39, 0.29) is 0 Å². The number of ether oxygens (including phenoxy) is 1. The van der Waals surface area contributed by atoms with Gasteiger partial charge in [-0.3, -0.25) is 4.79 Å². The van der Waals surface area contributed by atoms with Gasteiger partial charge in [0, 0.05) is 32.6 Å². The van der Waals surface area contributed by atoms with Crippen molar-refractivity contribution in [1.29, 1.82) is 0 Å². The van der Waals surface area contributed by atoms with E-state index < -0.39 is 0 Å². The van der Waals surface area contributed by atoms with Gasteiger partial charge in [-0.05, 0) is 38.0 Å². The van der Waals surface area contributed by atoms with Crippen LogP contribution in [-0.2, 0) is 9.53 Å². The highest BCUT2D eigenvalue weighted by molar-refractivity contribution is 5.76. The first-order valence-corrected chi connectivity index (χ1v) is 7.36. The predicted molar refractivity (Wildman–Crippen MR) is 69.2 cm³/mol. The zero-order valence-corrected chi connectivity index (χ0v) is 11.2. The summed E-state index contributed by atoms with van der Waals surface area (Å²) >= 11 is 0. The Kier molecular flexibility index (Phi) is 3.57. The number of nitrogens with one attached hydrogen (secondary N) is 1. The van der Waals surface area contributed by atoms with E-state index in [4.69, 9.17) is 4.74 Å². The SMILES string of the molecule is CC1CCC(CCC(=O)N2C[C@H]3CNC[C@H]3C2)O1. The predicted octanol–water partition coefficient (Wildman–Crippen LogP) is 1.01. The van der Waals surface area contributed by atoms with E-state index in [1.165, 1.54) is 0 Å². The van der Waals surface area contributed by atoms with Gasteiger partial charge in [0.2, 0.25) is 5.91 Å². The highest BCUT2D eigenvalue weighted by atomic mass is 16.5. The zero-order valence-electron chi connectivity index (χ0n) is 11.2. The minimum absolute atomic E-state index is 0.327. The summed E-state index contributed by atoms with van der Waals surface area (Å²) in [6.45, 7) is 6.25. The third-order valence-electron chi connectivity index (χ3n) is 4.74. The molecule has 102 valence electrons. The fourth-order valence-electron chi connectivity index (χ4n) is 3.60. The summed E-state index contributed by atoms with van der Waals surface area (Å²) in [5.74, 6) is 1.75. The first-order valence-electron chi connectivity index (χ1n) is 7.36. The van der Waals surface area contributed by atoms with E-state index in [2.05, 4.69) is 17.1 Å². The van der Waals surface area contributed by atoms with Gasteiger partial charge in [0.1, 0.15) is 0 Å². The smallest absolute Gasteiger partial charge is 0.222 e. The summed E-state index contributed by atoms with van der Waals surface area (Å²) in [6.07, 6.45) is 4.58. The number of rotatable bonds is 3. The fourth-order valence-corrected chi connectivity index (χ4v) is 3.60. The van der Waals surface area contributed by atoms with E-state index in [0.29, 0.717) is 36.4 Å². The van der Waals surface area contributed by atoms with Gasteiger partial charge >= 0.3 is 0 Å². The molecule has 0 radical (unpaired) electrons. The molecule has 2 unspecified atom stereocenters. The van der Waals surface area contributed by atoms with Crippen LogP contribution in [0, 0.1) is 11.8 Å². The minimum atomic E-state index is 0.327. The molecule has 0 aromatic carbocycles. The number of carbonyl (C=O) groups is 1. The quantitative estimate of drug-likeness (QED) is 0.815. The van der Waals surface area contributed by atoms with Crippen molar-refractivity contribution >= 4 is 5.91 Å². The molecule has 1 N–H and O–H groups in total. The molecule has 3 heterocycles. The van der Waals surface area contributed by atoms with Crippen LogP contribution in [0.3, 0.4) is 0 Å². The van der Waals surface area contributed by atoms with E-state index in [1.807, 2.05) is 0 Å². The number of carbonyl (C=O) groups excluding carboxylic acids is 1. The Balaban J connectivity index is 1.42. The summed E-state index contributed by atoms with van der Waals surface area (Å²) < 4.78 is 5.77. The minimum Gasteiger partial charge on any atom is -0.375 e. The average Bonchev–Trinajstić information content (AvgIpc) is 3.00. The van der Waals surface area contributed by atoms with E-state index in [9.17, 15) is 4.79 Å². The van der Waals surface area contributed by atoms with Crippen LogP contribution >= 0.6 is 0 Å². The molecule has 3 rings (SSSR count). The summed E-state index contributed by atoms with van der Waals surface area (Å²) in [4.78, 5) is 14.2. The number of hydrogen-bond acceptors (Lipinski definition) is 3. The van der Waals surface area contributed by atoms with Crippen LogP contribution in [0.15, 0.2) is 0 Å². The van der Waals surface area contributed by atoms with Crippen LogP contribution in [0.25, 0.3) is 0 Å². The third-order valence-corrected chi connectivity index (χ3v) is 4.74. The van der Waals surface area contributed by atoms with Crippen LogP contribution in [0.4, 0.5) is 0 Å². The molecular formula is C14H24N2O2. The van der Waals surface area contributed by atoms with Crippen LogP contribution < -0.4 is 5.32 Å². The van der Waals surface area contributed by atoms with Crippen LogP contribution in [-0.4, -0.2) is 49.2 Å². The van der Waals surface area contributed by atoms with Crippen LogP contribution in [0.1, 0.15) is 32.6 Å². The van der Waals surface area contributed by atoms with Crippen molar-refractivity contribution in [3.05, 3.63) is 0 Å². The lowest BCUT2D eigenvalue weighted by Crippen LogP contribution is -2.32. The number of hydrogen-bond donors (Lipinski definition) is 1. The van der Waals surface area contributed by atoms with E-state index >= 15 is 0 Å². The molecule has 3 fully saturated rings. The number of nitrogens with zero attached hydrogens (tertiary/aromatic N) is 1. The number of amides is 1. The van der Waals surface area contributed by atoms with Crippen molar-refractivity contribution in [2.45, 2.75) is 44.8 Å². The second kappa shape index (κ2) is 5.17. The Morgan fingerprint density at radius 3 is 2.61 bits per heavy atom. The van der Waals surface area contributed by atoms with E-state index in [1.54, 1.807) is 0 Å². The van der Waals surface area contributed by atoms with Gasteiger partial charge in [-0.15, -0.1) is 0 Å². The maximum atomic E-state index is 12.2. The molecule has 3 aliphatic rings. The molecule has 1 amide bonds. The molecule has 3 saturated heterocycles. The Labute approximate surface area is 109 Å². The Hall–Kier alpha value is -0.610. The Morgan fingerprint density at radius 1 is 1.28 bits per heavy atom. The molecule has 0 aliphatic carbocycles. The van der Waals surface area contributed by atoms with Crippen molar-refractivity contribution in [1.82, 2.24) is 10.2 Å². The lowest BCUT2D eigenvalue weighted by atomic mass is 10.0. The molecular weight excluding hydrogens is 228 g/mol. The lowest BCUT2D eigenvalue weighted by molar-refractivity contribution is -0.131. The summed E-state index contributed by atoms with van der Waals surface area (Å²) in [6, 6.07) is 0. The normalized spacial score (nSPS) is 39.3. The van der Waals surface area contributed by atoms with Gasteiger partial charge in [-0.1, -0.05) is 0 Å². The van der Waals surface area contributed by atoms with Crippen molar-refractivity contribution in [3.63, 3.8) is 0 Å². The van der Waals surface area contributed by atoms with Crippen molar-refractivity contribution in [3.8, 4) is 0 Å². The molecule has 0 bridgehead atoms. The summed E-state index contributed by atoms with van der Waals surface area (Å²) in [5.41, 5.74) is 0. The molecule has 4 heteroatoms. The maximum Gasteiger partial charge on any atom is 0.222 e. The van der Waals surface area contributed by atoms with Crippen molar-refractivity contribution < 1.29 is 9.53 Å². The fraction of sp³-hybridized carbons (Fsp3) is 0.929.